The molecule has 0 aliphatic heterocycles. The molecular weight excluding hydrogens is 321 g/mol. The molecule has 0 fully saturated rings. The Kier molecular flexibility index (Phi) is 7.00. The SMILES string of the molecule is CC/C=C(/C)C(=O)N(CC(=O)NC)Cc1cccc(C(F)(F)F)c1. The Bertz CT molecular complexity index is 625. The molecule has 132 valence electrons. The minimum Gasteiger partial charge on any atom is -0.358 e. The summed E-state index contributed by atoms with van der Waals surface area (Å²) in [4.78, 5) is 25.3. The van der Waals surface area contributed by atoms with Gasteiger partial charge in [0.1, 0.15) is 6.54 Å². The largest absolute Gasteiger partial charge is 0.416 e. The van der Waals surface area contributed by atoms with Crippen LogP contribution in [0.2, 0.25) is 0 Å². The fourth-order valence-corrected chi connectivity index (χ4v) is 2.16. The number of alkyl halides is 3. The zero-order chi connectivity index (χ0) is 18.3. The molecular formula is C17H21F3N2O2. The van der Waals surface area contributed by atoms with Gasteiger partial charge in [0.25, 0.3) is 0 Å². The molecule has 1 aromatic carbocycles. The zero-order valence-corrected chi connectivity index (χ0v) is 13.9. The molecule has 4 nitrogen and oxygen atoms in total. The van der Waals surface area contributed by atoms with E-state index in [4.69, 9.17) is 0 Å². The summed E-state index contributed by atoms with van der Waals surface area (Å²) in [7, 11) is 1.43. The van der Waals surface area contributed by atoms with Crippen LogP contribution in [-0.2, 0) is 22.3 Å². The first-order valence-corrected chi connectivity index (χ1v) is 7.51. The first-order valence-electron chi connectivity index (χ1n) is 7.51. The summed E-state index contributed by atoms with van der Waals surface area (Å²) in [5.41, 5.74) is -0.0204. The molecule has 0 aliphatic carbocycles. The van der Waals surface area contributed by atoms with Gasteiger partial charge in [-0.3, -0.25) is 9.59 Å². The second-order valence-corrected chi connectivity index (χ2v) is 5.33. The standard InChI is InChI=1S/C17H21F3N2O2/c1-4-6-12(2)16(24)22(11-15(23)21-3)10-13-7-5-8-14(9-13)17(18,19)20/h5-9H,4,10-11H2,1-3H3,(H,21,23)/b12-6-. The van der Waals surface area contributed by atoms with E-state index in [1.807, 2.05) is 6.92 Å². The van der Waals surface area contributed by atoms with E-state index >= 15 is 0 Å². The first kappa shape index (κ1) is 19.7. The minimum absolute atomic E-state index is 0.0783. The zero-order valence-electron chi connectivity index (χ0n) is 13.9. The molecule has 0 heterocycles. The molecule has 0 saturated carbocycles. The van der Waals surface area contributed by atoms with Crippen LogP contribution in [0.25, 0.3) is 0 Å². The van der Waals surface area contributed by atoms with Crippen LogP contribution in [0, 0.1) is 0 Å². The Labute approximate surface area is 139 Å². The van der Waals surface area contributed by atoms with Crippen molar-refractivity contribution in [3.05, 3.63) is 47.0 Å². The summed E-state index contributed by atoms with van der Waals surface area (Å²) >= 11 is 0. The average molecular weight is 342 g/mol. The van der Waals surface area contributed by atoms with Gasteiger partial charge < -0.3 is 10.2 Å². The second kappa shape index (κ2) is 8.52. The summed E-state index contributed by atoms with van der Waals surface area (Å²) in [5, 5.41) is 2.41. The van der Waals surface area contributed by atoms with Crippen molar-refractivity contribution in [2.24, 2.45) is 0 Å². The molecule has 2 amide bonds. The highest BCUT2D eigenvalue weighted by molar-refractivity contribution is 5.95. The van der Waals surface area contributed by atoms with Crippen molar-refractivity contribution in [1.29, 1.82) is 0 Å². The van der Waals surface area contributed by atoms with Gasteiger partial charge in [-0.25, -0.2) is 0 Å². The summed E-state index contributed by atoms with van der Waals surface area (Å²) in [6.45, 7) is 3.19. The molecule has 0 saturated heterocycles. The fourth-order valence-electron chi connectivity index (χ4n) is 2.16. The van der Waals surface area contributed by atoms with E-state index < -0.39 is 11.7 Å². The number of allylic oxidation sites excluding steroid dienone is 1. The molecule has 7 heteroatoms. The highest BCUT2D eigenvalue weighted by Gasteiger charge is 2.30. The molecule has 0 spiro atoms. The van der Waals surface area contributed by atoms with Crippen molar-refractivity contribution in [1.82, 2.24) is 10.2 Å². The van der Waals surface area contributed by atoms with Gasteiger partial charge in [0.15, 0.2) is 0 Å². The van der Waals surface area contributed by atoms with Crippen LogP contribution in [0.1, 0.15) is 31.4 Å². The van der Waals surface area contributed by atoms with E-state index in [9.17, 15) is 22.8 Å². The third-order valence-electron chi connectivity index (χ3n) is 3.38. The molecule has 0 aliphatic rings. The summed E-state index contributed by atoms with van der Waals surface area (Å²) in [6.07, 6.45) is -2.09. The van der Waals surface area contributed by atoms with Crippen LogP contribution < -0.4 is 5.32 Å². The third kappa shape index (κ3) is 5.72. The lowest BCUT2D eigenvalue weighted by Crippen LogP contribution is -2.39. The molecule has 1 aromatic rings. The number of carbonyl (C=O) groups is 2. The quantitative estimate of drug-likeness (QED) is 0.808. The monoisotopic (exact) mass is 342 g/mol. The van der Waals surface area contributed by atoms with Gasteiger partial charge in [0, 0.05) is 19.2 Å². The van der Waals surface area contributed by atoms with Gasteiger partial charge in [0.05, 0.1) is 5.56 Å². The van der Waals surface area contributed by atoms with Crippen LogP contribution >= 0.6 is 0 Å². The van der Waals surface area contributed by atoms with Gasteiger partial charge in [-0.1, -0.05) is 25.1 Å². The molecule has 0 atom stereocenters. The number of halogens is 3. The Hall–Kier alpha value is -2.31. The van der Waals surface area contributed by atoms with E-state index in [1.165, 1.54) is 24.1 Å². The lowest BCUT2D eigenvalue weighted by Gasteiger charge is -2.23. The van der Waals surface area contributed by atoms with Crippen molar-refractivity contribution in [3.63, 3.8) is 0 Å². The van der Waals surface area contributed by atoms with Crippen molar-refractivity contribution < 1.29 is 22.8 Å². The van der Waals surface area contributed by atoms with E-state index in [1.54, 1.807) is 13.0 Å². The lowest BCUT2D eigenvalue weighted by molar-refractivity contribution is -0.137. The summed E-state index contributed by atoms with van der Waals surface area (Å²) < 4.78 is 38.4. The Morgan fingerprint density at radius 2 is 1.96 bits per heavy atom. The average Bonchev–Trinajstić information content (AvgIpc) is 2.53. The highest BCUT2D eigenvalue weighted by Crippen LogP contribution is 2.29. The fraction of sp³-hybridized carbons (Fsp3) is 0.412. The number of likely N-dealkylation sites (N-methyl/N-ethyl adjacent to an activating group) is 1. The van der Waals surface area contributed by atoms with Crippen molar-refractivity contribution in [2.75, 3.05) is 13.6 Å². The van der Waals surface area contributed by atoms with Crippen molar-refractivity contribution in [3.8, 4) is 0 Å². The molecule has 1 N–H and O–H groups in total. The van der Waals surface area contributed by atoms with Crippen LogP contribution in [-0.4, -0.2) is 30.3 Å². The highest BCUT2D eigenvalue weighted by atomic mass is 19.4. The molecule has 0 bridgehead atoms. The molecule has 0 radical (unpaired) electrons. The van der Waals surface area contributed by atoms with Gasteiger partial charge in [0.2, 0.25) is 11.8 Å². The van der Waals surface area contributed by atoms with Gasteiger partial charge in [-0.15, -0.1) is 0 Å². The Morgan fingerprint density at radius 1 is 1.29 bits per heavy atom. The molecule has 24 heavy (non-hydrogen) atoms. The van der Waals surface area contributed by atoms with Crippen LogP contribution in [0.4, 0.5) is 13.2 Å². The number of amides is 2. The summed E-state index contributed by atoms with van der Waals surface area (Å²) in [6, 6.07) is 4.74. The maximum Gasteiger partial charge on any atom is 0.416 e. The second-order valence-electron chi connectivity index (χ2n) is 5.33. The van der Waals surface area contributed by atoms with Crippen molar-refractivity contribution in [2.45, 2.75) is 33.0 Å². The predicted molar refractivity (Wildman–Crippen MR) is 85.0 cm³/mol. The molecule has 0 unspecified atom stereocenters. The molecule has 1 rings (SSSR count). The Balaban J connectivity index is 3.06. The number of nitrogens with zero attached hydrogens (tertiary/aromatic N) is 1. The maximum atomic E-state index is 12.8. The van der Waals surface area contributed by atoms with Crippen molar-refractivity contribution >= 4 is 11.8 Å². The van der Waals surface area contributed by atoms with Crippen LogP contribution in [0.5, 0.6) is 0 Å². The van der Waals surface area contributed by atoms with Gasteiger partial charge in [-0.2, -0.15) is 13.2 Å². The van der Waals surface area contributed by atoms with Crippen LogP contribution in [0.3, 0.4) is 0 Å². The van der Waals surface area contributed by atoms with Crippen LogP contribution in [0.15, 0.2) is 35.9 Å². The normalized spacial score (nSPS) is 12.0. The number of hydrogen-bond acceptors (Lipinski definition) is 2. The number of carbonyl (C=O) groups excluding carboxylic acids is 2. The summed E-state index contributed by atoms with van der Waals surface area (Å²) in [5.74, 6) is -0.766. The van der Waals surface area contributed by atoms with E-state index in [0.29, 0.717) is 17.6 Å². The van der Waals surface area contributed by atoms with E-state index in [2.05, 4.69) is 5.32 Å². The number of rotatable bonds is 6. The Morgan fingerprint density at radius 3 is 2.50 bits per heavy atom. The van der Waals surface area contributed by atoms with E-state index in [-0.39, 0.29) is 24.9 Å². The topological polar surface area (TPSA) is 49.4 Å². The van der Waals surface area contributed by atoms with Gasteiger partial charge >= 0.3 is 6.18 Å². The predicted octanol–water partition coefficient (Wildman–Crippen LogP) is 3.14. The first-order chi connectivity index (χ1) is 11.2. The maximum absolute atomic E-state index is 12.8. The molecule has 0 aromatic heterocycles. The van der Waals surface area contributed by atoms with Gasteiger partial charge in [-0.05, 0) is 31.0 Å². The number of benzene rings is 1. The third-order valence-corrected chi connectivity index (χ3v) is 3.38. The number of nitrogens with one attached hydrogen (secondary N) is 1. The number of hydrogen-bond donors (Lipinski definition) is 1. The smallest absolute Gasteiger partial charge is 0.358 e. The minimum atomic E-state index is -4.45. The van der Waals surface area contributed by atoms with E-state index in [0.717, 1.165) is 12.1 Å². The lowest BCUT2D eigenvalue weighted by atomic mass is 10.1.